The second-order valence-electron chi connectivity index (χ2n) is 11.1. The van der Waals surface area contributed by atoms with E-state index in [1.54, 1.807) is 29.0 Å². The quantitative estimate of drug-likeness (QED) is 0.268. The number of hydrogen-bond acceptors (Lipinski definition) is 8. The summed E-state index contributed by atoms with van der Waals surface area (Å²) >= 11 is 0. The molecule has 0 aromatic heterocycles. The molecule has 2 fully saturated rings. The first kappa shape index (κ1) is 27.4. The number of carbonyl (C=O) groups is 2. The van der Waals surface area contributed by atoms with Gasteiger partial charge in [0.15, 0.2) is 13.9 Å². The number of nitrogens with one attached hydrogen (secondary N) is 1. The van der Waals surface area contributed by atoms with Crippen LogP contribution < -0.4 is 15.1 Å². The fourth-order valence-corrected chi connectivity index (χ4v) is 9.22. The molecule has 5 rings (SSSR count). The van der Waals surface area contributed by atoms with Crippen molar-refractivity contribution in [2.75, 3.05) is 36.0 Å². The molecule has 0 bridgehead atoms. The number of anilines is 2. The number of nitro groups is 1. The van der Waals surface area contributed by atoms with Crippen LogP contribution in [0.15, 0.2) is 42.5 Å². The molecule has 0 aliphatic carbocycles. The van der Waals surface area contributed by atoms with Gasteiger partial charge in [-0.05, 0) is 43.3 Å². The first-order valence-corrected chi connectivity index (χ1v) is 16.2. The van der Waals surface area contributed by atoms with Crippen molar-refractivity contribution in [3.05, 3.63) is 63.7 Å². The lowest BCUT2D eigenvalue weighted by molar-refractivity contribution is -0.385. The van der Waals surface area contributed by atoms with Crippen molar-refractivity contribution in [1.82, 2.24) is 5.32 Å². The van der Waals surface area contributed by atoms with E-state index < -0.39 is 30.9 Å². The number of nitro benzene ring substituents is 1. The molecule has 2 aromatic carbocycles. The molecule has 12 heteroatoms. The molecule has 2 aromatic rings. The molecule has 4 atom stereocenters. The normalized spacial score (nSPS) is 26.9. The van der Waals surface area contributed by atoms with Gasteiger partial charge in [-0.3, -0.25) is 19.7 Å². The van der Waals surface area contributed by atoms with Crippen molar-refractivity contribution < 1.29 is 29.2 Å². The van der Waals surface area contributed by atoms with Crippen LogP contribution in [0.5, 0.6) is 0 Å². The molecule has 1 spiro atoms. The highest BCUT2D eigenvalue weighted by Gasteiger charge is 2.66. The Morgan fingerprint density at radius 1 is 1.23 bits per heavy atom. The van der Waals surface area contributed by atoms with Gasteiger partial charge in [-0.25, -0.2) is 0 Å². The maximum Gasteiger partial charge on any atom is 0.269 e. The Morgan fingerprint density at radius 2 is 2.00 bits per heavy atom. The summed E-state index contributed by atoms with van der Waals surface area (Å²) in [5.41, 5.74) is 0.409. The minimum Gasteiger partial charge on any atom is -0.432 e. The van der Waals surface area contributed by atoms with Crippen molar-refractivity contribution in [3.63, 3.8) is 0 Å². The average Bonchev–Trinajstić information content (AvgIpc) is 3.31. The number of non-ortho nitro benzene ring substituents is 1. The van der Waals surface area contributed by atoms with Crippen LogP contribution in [0.1, 0.15) is 24.5 Å². The van der Waals surface area contributed by atoms with E-state index in [-0.39, 0.29) is 49.2 Å². The number of aliphatic hydroxyl groups excluding tert-OH is 1. The van der Waals surface area contributed by atoms with Crippen LogP contribution in [0, 0.1) is 16.0 Å². The van der Waals surface area contributed by atoms with E-state index in [4.69, 9.17) is 4.74 Å². The molecule has 11 nitrogen and oxygen atoms in total. The number of amides is 2. The molecule has 3 aliphatic rings. The third-order valence-electron chi connectivity index (χ3n) is 8.24. The zero-order valence-corrected chi connectivity index (χ0v) is 23.3. The highest BCUT2D eigenvalue weighted by molar-refractivity contribution is 6.71. The summed E-state index contributed by atoms with van der Waals surface area (Å²) in [5.74, 6) is -0.862. The molecule has 0 unspecified atom stereocenters. The highest BCUT2D eigenvalue weighted by Crippen LogP contribution is 2.60. The van der Waals surface area contributed by atoms with Crippen LogP contribution in [0.25, 0.3) is 0 Å². The number of rotatable bonds is 7. The average molecular weight is 555 g/mol. The zero-order valence-electron chi connectivity index (χ0n) is 22.3. The fraction of sp³-hybridized carbons (Fsp3) is 0.481. The molecule has 2 amide bonds. The summed E-state index contributed by atoms with van der Waals surface area (Å²) in [6.07, 6.45) is -0.332. The third kappa shape index (κ3) is 4.55. The van der Waals surface area contributed by atoms with Gasteiger partial charge in [0.25, 0.3) is 11.6 Å². The van der Waals surface area contributed by atoms with Gasteiger partial charge in [0.05, 0.1) is 29.8 Å². The van der Waals surface area contributed by atoms with Crippen molar-refractivity contribution in [2.45, 2.75) is 50.2 Å². The van der Waals surface area contributed by atoms with Crippen LogP contribution in [-0.2, 0) is 26.5 Å². The minimum absolute atomic E-state index is 0.0304. The predicted octanol–water partition coefficient (Wildman–Crippen LogP) is 2.26. The third-order valence-corrected chi connectivity index (χ3v) is 10.7. The van der Waals surface area contributed by atoms with E-state index >= 15 is 0 Å². The predicted molar refractivity (Wildman–Crippen MR) is 147 cm³/mol. The van der Waals surface area contributed by atoms with E-state index in [9.17, 15) is 29.6 Å². The van der Waals surface area contributed by atoms with Crippen molar-refractivity contribution in [2.24, 2.45) is 5.92 Å². The van der Waals surface area contributed by atoms with Gasteiger partial charge in [-0.1, -0.05) is 19.1 Å². The lowest BCUT2D eigenvalue weighted by Gasteiger charge is -2.32. The minimum atomic E-state index is -2.88. The van der Waals surface area contributed by atoms with Gasteiger partial charge in [0, 0.05) is 54.5 Å². The lowest BCUT2D eigenvalue weighted by atomic mass is 9.82. The summed E-state index contributed by atoms with van der Waals surface area (Å²) in [5, 5.41) is 24.5. The number of aliphatic hydroxyl groups is 1. The van der Waals surface area contributed by atoms with Crippen molar-refractivity contribution in [3.8, 4) is 0 Å². The Balaban J connectivity index is 1.57. The SMILES string of the molecule is C[C@H]1[C@H]([Si](C)(C)O)[C@@H](CCO)O[C@]12C(=O)N(Cc1cccc(N3CCNCC3=O)c1)c1ccc([N+](=O)[O-])cc12. The number of fused-ring (bicyclic) bond motifs is 2. The van der Waals surface area contributed by atoms with Gasteiger partial charge in [0.2, 0.25) is 5.91 Å². The zero-order chi connectivity index (χ0) is 28.1. The summed E-state index contributed by atoms with van der Waals surface area (Å²) in [6.45, 7) is 6.92. The molecule has 3 aliphatic heterocycles. The topological polar surface area (TPSA) is 145 Å². The second-order valence-corrected chi connectivity index (χ2v) is 15.1. The van der Waals surface area contributed by atoms with Crippen LogP contribution in [0.3, 0.4) is 0 Å². The maximum absolute atomic E-state index is 14.4. The summed E-state index contributed by atoms with van der Waals surface area (Å²) < 4.78 is 6.52. The number of piperazine rings is 1. The first-order valence-electron chi connectivity index (χ1n) is 13.2. The maximum atomic E-state index is 14.4. The Morgan fingerprint density at radius 3 is 2.67 bits per heavy atom. The molecule has 2 saturated heterocycles. The number of ether oxygens (including phenoxy) is 1. The Hall–Kier alpha value is -3.16. The standard InChI is InChI=1S/C27H34N4O7Si/c1-17-25(39(2,3)37)23(9-12-32)38-27(17)21-14-20(31(35)36)7-8-22(21)30(26(27)34)16-18-5-4-6-19(13-18)29-11-10-28-15-24(29)33/h4-8,13-14,17,23,25,28,32,37H,9-12,15-16H2,1-3H3/t17-,23+,25-,27+/m0/s1. The van der Waals surface area contributed by atoms with E-state index in [1.807, 2.05) is 31.2 Å². The largest absolute Gasteiger partial charge is 0.432 e. The highest BCUT2D eigenvalue weighted by atomic mass is 28.4. The lowest BCUT2D eigenvalue weighted by Crippen LogP contribution is -2.48. The van der Waals surface area contributed by atoms with Gasteiger partial charge in [-0.2, -0.15) is 0 Å². The smallest absolute Gasteiger partial charge is 0.269 e. The van der Waals surface area contributed by atoms with Crippen LogP contribution in [-0.4, -0.2) is 67.3 Å². The van der Waals surface area contributed by atoms with Crippen LogP contribution in [0.2, 0.25) is 18.6 Å². The van der Waals surface area contributed by atoms with Gasteiger partial charge in [0.1, 0.15) is 0 Å². The Kier molecular flexibility index (Phi) is 7.10. The van der Waals surface area contributed by atoms with E-state index in [1.165, 1.54) is 12.1 Å². The first-order chi connectivity index (χ1) is 18.5. The molecule has 3 heterocycles. The second kappa shape index (κ2) is 10.1. The van der Waals surface area contributed by atoms with E-state index in [2.05, 4.69) is 5.32 Å². The number of nitrogens with zero attached hydrogens (tertiary/aromatic N) is 3. The number of hydrogen-bond donors (Lipinski definition) is 3. The summed E-state index contributed by atoms with van der Waals surface area (Å²) in [4.78, 5) is 52.5. The van der Waals surface area contributed by atoms with Gasteiger partial charge in [-0.15, -0.1) is 0 Å². The van der Waals surface area contributed by atoms with Gasteiger partial charge < -0.3 is 29.8 Å². The molecule has 0 radical (unpaired) electrons. The Labute approximate surface area is 227 Å². The van der Waals surface area contributed by atoms with Crippen LogP contribution >= 0.6 is 0 Å². The molecule has 39 heavy (non-hydrogen) atoms. The molecular weight excluding hydrogens is 520 g/mol. The molecule has 0 saturated carbocycles. The van der Waals surface area contributed by atoms with E-state index in [0.29, 0.717) is 24.3 Å². The van der Waals surface area contributed by atoms with Gasteiger partial charge >= 0.3 is 0 Å². The van der Waals surface area contributed by atoms with E-state index in [0.717, 1.165) is 11.3 Å². The van der Waals surface area contributed by atoms with Crippen molar-refractivity contribution >= 4 is 37.2 Å². The summed E-state index contributed by atoms with van der Waals surface area (Å²) in [7, 11) is -2.88. The molecule has 3 N–H and O–H groups in total. The number of carbonyl (C=O) groups excluding carboxylic acids is 2. The number of benzene rings is 2. The molecular formula is C27H34N4O7Si. The van der Waals surface area contributed by atoms with Crippen molar-refractivity contribution in [1.29, 1.82) is 0 Å². The summed E-state index contributed by atoms with van der Waals surface area (Å²) in [6, 6.07) is 11.8. The Bertz CT molecular complexity index is 1320. The monoisotopic (exact) mass is 554 g/mol. The van der Waals surface area contributed by atoms with Crippen LogP contribution in [0.4, 0.5) is 17.1 Å². The molecule has 208 valence electrons. The fourth-order valence-electron chi connectivity index (χ4n) is 6.62.